The normalized spacial score (nSPS) is 13.8. The number of halogens is 1. The van der Waals surface area contributed by atoms with Crippen LogP contribution in [0.2, 0.25) is 0 Å². The standard InChI is InChI=1S/C17H17BrN4OS/c1-17(2,3)22-15(19-9-20-22)16-21-14-11-5-4-10(18)8-12(11)23-7-6-13(14)24-16/h4-5,8-9H,6-7H2,1-3H3. The van der Waals surface area contributed by atoms with E-state index in [2.05, 4.69) is 52.9 Å². The van der Waals surface area contributed by atoms with E-state index in [0.29, 0.717) is 6.61 Å². The molecule has 1 aliphatic rings. The molecule has 0 amide bonds. The second kappa shape index (κ2) is 5.67. The highest BCUT2D eigenvalue weighted by Crippen LogP contribution is 2.41. The van der Waals surface area contributed by atoms with Gasteiger partial charge in [-0.1, -0.05) is 15.9 Å². The van der Waals surface area contributed by atoms with Crippen LogP contribution in [0.25, 0.3) is 22.1 Å². The van der Waals surface area contributed by atoms with Gasteiger partial charge in [0.25, 0.3) is 0 Å². The van der Waals surface area contributed by atoms with Crippen molar-refractivity contribution in [3.8, 4) is 27.8 Å². The fourth-order valence-electron chi connectivity index (χ4n) is 2.77. The maximum Gasteiger partial charge on any atom is 0.187 e. The molecule has 2 aromatic heterocycles. The Kier molecular flexibility index (Phi) is 3.73. The summed E-state index contributed by atoms with van der Waals surface area (Å²) < 4.78 is 8.82. The lowest BCUT2D eigenvalue weighted by molar-refractivity contribution is 0.327. The third-order valence-corrected chi connectivity index (χ3v) is 5.46. The highest BCUT2D eigenvalue weighted by molar-refractivity contribution is 9.10. The number of benzene rings is 1. The minimum Gasteiger partial charge on any atom is -0.492 e. The average Bonchev–Trinajstić information content (AvgIpc) is 3.11. The maximum atomic E-state index is 5.88. The van der Waals surface area contributed by atoms with Crippen LogP contribution in [0.5, 0.6) is 5.75 Å². The molecule has 4 rings (SSSR count). The lowest BCUT2D eigenvalue weighted by Gasteiger charge is -2.20. The number of nitrogens with zero attached hydrogens (tertiary/aromatic N) is 4. The number of ether oxygens (including phenoxy) is 1. The molecular formula is C17H17BrN4OS. The summed E-state index contributed by atoms with van der Waals surface area (Å²) in [4.78, 5) is 10.6. The van der Waals surface area contributed by atoms with E-state index in [0.717, 1.165) is 38.7 Å². The molecule has 7 heteroatoms. The van der Waals surface area contributed by atoms with Gasteiger partial charge in [-0.3, -0.25) is 0 Å². The second-order valence-corrected chi connectivity index (χ2v) is 8.70. The van der Waals surface area contributed by atoms with Crippen molar-refractivity contribution in [1.82, 2.24) is 19.7 Å². The van der Waals surface area contributed by atoms with Crippen LogP contribution in [-0.4, -0.2) is 26.4 Å². The van der Waals surface area contributed by atoms with E-state index >= 15 is 0 Å². The minimum absolute atomic E-state index is 0.138. The molecule has 0 fully saturated rings. The van der Waals surface area contributed by atoms with E-state index in [-0.39, 0.29) is 5.54 Å². The molecule has 0 atom stereocenters. The first-order chi connectivity index (χ1) is 11.4. The Balaban J connectivity index is 1.86. The SMILES string of the molecule is CC(C)(C)n1ncnc1-c1nc2c(s1)CCOc1cc(Br)ccc1-2. The van der Waals surface area contributed by atoms with Crippen LogP contribution in [0.15, 0.2) is 29.0 Å². The molecule has 5 nitrogen and oxygen atoms in total. The molecule has 0 radical (unpaired) electrons. The van der Waals surface area contributed by atoms with Gasteiger partial charge in [0.1, 0.15) is 12.1 Å². The first-order valence-electron chi connectivity index (χ1n) is 7.77. The van der Waals surface area contributed by atoms with E-state index in [4.69, 9.17) is 9.72 Å². The highest BCUT2D eigenvalue weighted by atomic mass is 79.9. The first kappa shape index (κ1) is 15.8. The zero-order valence-corrected chi connectivity index (χ0v) is 16.1. The summed E-state index contributed by atoms with van der Waals surface area (Å²) in [7, 11) is 0. The van der Waals surface area contributed by atoms with Gasteiger partial charge in [-0.15, -0.1) is 11.3 Å². The van der Waals surface area contributed by atoms with Gasteiger partial charge in [0.2, 0.25) is 0 Å². The van der Waals surface area contributed by atoms with Crippen molar-refractivity contribution in [2.45, 2.75) is 32.7 Å². The van der Waals surface area contributed by atoms with Crippen LogP contribution in [-0.2, 0) is 12.0 Å². The summed E-state index contributed by atoms with van der Waals surface area (Å²) in [5.74, 6) is 1.69. The monoisotopic (exact) mass is 404 g/mol. The molecule has 0 bridgehead atoms. The number of hydrogen-bond acceptors (Lipinski definition) is 5. The van der Waals surface area contributed by atoms with Crippen molar-refractivity contribution in [3.63, 3.8) is 0 Å². The van der Waals surface area contributed by atoms with Crippen molar-refractivity contribution in [2.24, 2.45) is 0 Å². The van der Waals surface area contributed by atoms with E-state index < -0.39 is 0 Å². The average molecular weight is 405 g/mol. The molecular weight excluding hydrogens is 388 g/mol. The molecule has 0 saturated carbocycles. The van der Waals surface area contributed by atoms with Crippen molar-refractivity contribution < 1.29 is 4.74 Å². The quantitative estimate of drug-likeness (QED) is 0.597. The van der Waals surface area contributed by atoms with Gasteiger partial charge in [-0.2, -0.15) is 5.10 Å². The number of aromatic nitrogens is 4. The molecule has 0 aliphatic carbocycles. The molecule has 3 aromatic rings. The van der Waals surface area contributed by atoms with E-state index in [1.54, 1.807) is 17.7 Å². The van der Waals surface area contributed by atoms with Gasteiger partial charge in [0.05, 0.1) is 17.8 Å². The molecule has 124 valence electrons. The third kappa shape index (κ3) is 2.65. The number of fused-ring (bicyclic) bond motifs is 3. The molecule has 1 aliphatic heterocycles. The number of rotatable bonds is 1. The van der Waals surface area contributed by atoms with Gasteiger partial charge in [0.15, 0.2) is 10.8 Å². The fraction of sp³-hybridized carbons (Fsp3) is 0.353. The minimum atomic E-state index is -0.138. The van der Waals surface area contributed by atoms with Crippen LogP contribution in [0.4, 0.5) is 0 Å². The topological polar surface area (TPSA) is 52.8 Å². The van der Waals surface area contributed by atoms with E-state index in [1.165, 1.54) is 4.88 Å². The Morgan fingerprint density at radius 3 is 2.92 bits per heavy atom. The molecule has 0 spiro atoms. The smallest absolute Gasteiger partial charge is 0.187 e. The summed E-state index contributed by atoms with van der Waals surface area (Å²) in [6.45, 7) is 7.00. The first-order valence-corrected chi connectivity index (χ1v) is 9.38. The zero-order chi connectivity index (χ0) is 16.9. The van der Waals surface area contributed by atoms with E-state index in [1.807, 2.05) is 16.8 Å². The Labute approximate surface area is 152 Å². The Morgan fingerprint density at radius 1 is 1.29 bits per heavy atom. The Morgan fingerprint density at radius 2 is 2.12 bits per heavy atom. The molecule has 1 aromatic carbocycles. The van der Waals surface area contributed by atoms with Gasteiger partial charge in [0, 0.05) is 21.3 Å². The second-order valence-electron chi connectivity index (χ2n) is 6.70. The largest absolute Gasteiger partial charge is 0.492 e. The lowest BCUT2D eigenvalue weighted by atomic mass is 10.1. The third-order valence-electron chi connectivity index (χ3n) is 3.86. The predicted octanol–water partition coefficient (Wildman–Crippen LogP) is 4.52. The van der Waals surface area contributed by atoms with Crippen LogP contribution in [0.3, 0.4) is 0 Å². The molecule has 24 heavy (non-hydrogen) atoms. The summed E-state index contributed by atoms with van der Waals surface area (Å²) in [5, 5.41) is 5.29. The van der Waals surface area contributed by atoms with Gasteiger partial charge in [-0.25, -0.2) is 14.6 Å². The van der Waals surface area contributed by atoms with Gasteiger partial charge < -0.3 is 4.74 Å². The highest BCUT2D eigenvalue weighted by Gasteiger charge is 2.25. The van der Waals surface area contributed by atoms with Crippen molar-refractivity contribution >= 4 is 27.3 Å². The van der Waals surface area contributed by atoms with Crippen LogP contribution < -0.4 is 4.74 Å². The van der Waals surface area contributed by atoms with Gasteiger partial charge in [-0.05, 0) is 39.0 Å². The number of hydrogen-bond donors (Lipinski definition) is 0. The van der Waals surface area contributed by atoms with Crippen LogP contribution in [0, 0.1) is 0 Å². The maximum absolute atomic E-state index is 5.88. The van der Waals surface area contributed by atoms with Crippen LogP contribution in [0.1, 0.15) is 25.6 Å². The zero-order valence-electron chi connectivity index (χ0n) is 13.7. The van der Waals surface area contributed by atoms with E-state index in [9.17, 15) is 0 Å². The molecule has 3 heterocycles. The Hall–Kier alpha value is -1.73. The lowest BCUT2D eigenvalue weighted by Crippen LogP contribution is -2.24. The van der Waals surface area contributed by atoms with Crippen molar-refractivity contribution in [2.75, 3.05) is 6.61 Å². The number of thiazole rings is 1. The summed E-state index contributed by atoms with van der Waals surface area (Å²) in [6.07, 6.45) is 2.45. The van der Waals surface area contributed by atoms with Crippen LogP contribution >= 0.6 is 27.3 Å². The Bertz CT molecular complexity index is 910. The molecule has 0 N–H and O–H groups in total. The summed E-state index contributed by atoms with van der Waals surface area (Å²) >= 11 is 5.18. The molecule has 0 saturated heterocycles. The van der Waals surface area contributed by atoms with Crippen molar-refractivity contribution in [3.05, 3.63) is 33.9 Å². The van der Waals surface area contributed by atoms with Gasteiger partial charge >= 0.3 is 0 Å². The fourth-order valence-corrected chi connectivity index (χ4v) is 4.15. The van der Waals surface area contributed by atoms with Crippen molar-refractivity contribution in [1.29, 1.82) is 0 Å². The summed E-state index contributed by atoms with van der Waals surface area (Å²) in [6, 6.07) is 6.08. The summed E-state index contributed by atoms with van der Waals surface area (Å²) in [5.41, 5.74) is 1.90. The predicted molar refractivity (Wildman–Crippen MR) is 98.5 cm³/mol. The molecule has 0 unspecified atom stereocenters.